The molecule has 2 N–H and O–H groups in total. The Morgan fingerprint density at radius 1 is 1.45 bits per heavy atom. The standard InChI is InChI=1S/C16H27N3O/c1-5-9-19(12-16(3,4)11-17)15(20)10-14-13(2)7-6-8-18-14/h6-8H,5,9-12,17H2,1-4H3. The normalized spacial score (nSPS) is 11.4. The maximum absolute atomic E-state index is 12.5. The van der Waals surface area contributed by atoms with Crippen LogP contribution in [0.2, 0.25) is 0 Å². The van der Waals surface area contributed by atoms with Gasteiger partial charge in [-0.1, -0.05) is 26.8 Å². The van der Waals surface area contributed by atoms with E-state index in [-0.39, 0.29) is 11.3 Å². The first-order chi connectivity index (χ1) is 9.39. The van der Waals surface area contributed by atoms with Gasteiger partial charge in [-0.15, -0.1) is 0 Å². The lowest BCUT2D eigenvalue weighted by Crippen LogP contribution is -2.43. The summed E-state index contributed by atoms with van der Waals surface area (Å²) < 4.78 is 0. The fraction of sp³-hybridized carbons (Fsp3) is 0.625. The van der Waals surface area contributed by atoms with Crippen LogP contribution < -0.4 is 5.73 Å². The Kier molecular flexibility index (Phi) is 6.14. The molecule has 4 heteroatoms. The number of aromatic nitrogens is 1. The zero-order valence-electron chi connectivity index (χ0n) is 13.1. The Labute approximate surface area is 122 Å². The second-order valence-electron chi connectivity index (χ2n) is 6.13. The third-order valence-electron chi connectivity index (χ3n) is 3.45. The van der Waals surface area contributed by atoms with Gasteiger partial charge < -0.3 is 10.6 Å². The number of amides is 1. The highest BCUT2D eigenvalue weighted by molar-refractivity contribution is 5.78. The molecule has 0 saturated carbocycles. The lowest BCUT2D eigenvalue weighted by atomic mass is 9.92. The monoisotopic (exact) mass is 277 g/mol. The molecular formula is C16H27N3O. The number of aryl methyl sites for hydroxylation is 1. The van der Waals surface area contributed by atoms with E-state index >= 15 is 0 Å². The second kappa shape index (κ2) is 7.39. The Bertz CT molecular complexity index is 443. The molecule has 0 aliphatic rings. The van der Waals surface area contributed by atoms with Crippen molar-refractivity contribution in [3.05, 3.63) is 29.6 Å². The first kappa shape index (κ1) is 16.6. The Morgan fingerprint density at radius 3 is 2.70 bits per heavy atom. The van der Waals surface area contributed by atoms with Crippen LogP contribution in [0.1, 0.15) is 38.4 Å². The quantitative estimate of drug-likeness (QED) is 0.831. The van der Waals surface area contributed by atoms with Gasteiger partial charge in [0, 0.05) is 19.3 Å². The van der Waals surface area contributed by atoms with Gasteiger partial charge in [0.1, 0.15) is 0 Å². The predicted molar refractivity (Wildman–Crippen MR) is 82.4 cm³/mol. The molecule has 4 nitrogen and oxygen atoms in total. The van der Waals surface area contributed by atoms with Crippen LogP contribution in [0.15, 0.2) is 18.3 Å². The molecule has 112 valence electrons. The molecule has 0 aromatic carbocycles. The predicted octanol–water partition coefficient (Wildman–Crippen LogP) is 2.16. The molecule has 1 rings (SSSR count). The average molecular weight is 277 g/mol. The van der Waals surface area contributed by atoms with Crippen molar-refractivity contribution in [1.82, 2.24) is 9.88 Å². The molecule has 0 fully saturated rings. The summed E-state index contributed by atoms with van der Waals surface area (Å²) in [4.78, 5) is 18.7. The van der Waals surface area contributed by atoms with Crippen molar-refractivity contribution in [2.45, 2.75) is 40.5 Å². The summed E-state index contributed by atoms with van der Waals surface area (Å²) in [6.45, 7) is 10.3. The van der Waals surface area contributed by atoms with E-state index in [1.165, 1.54) is 0 Å². The van der Waals surface area contributed by atoms with Gasteiger partial charge in [0.15, 0.2) is 0 Å². The molecule has 1 aromatic heterocycles. The lowest BCUT2D eigenvalue weighted by molar-refractivity contribution is -0.131. The molecule has 1 heterocycles. The minimum absolute atomic E-state index is 0.0516. The smallest absolute Gasteiger partial charge is 0.228 e. The number of nitrogens with zero attached hydrogens (tertiary/aromatic N) is 2. The first-order valence-corrected chi connectivity index (χ1v) is 7.28. The van der Waals surface area contributed by atoms with Crippen molar-refractivity contribution in [2.75, 3.05) is 19.6 Å². The molecule has 1 aromatic rings. The van der Waals surface area contributed by atoms with Crippen LogP contribution in [-0.2, 0) is 11.2 Å². The summed E-state index contributed by atoms with van der Waals surface area (Å²) in [5.74, 6) is 0.134. The van der Waals surface area contributed by atoms with Crippen molar-refractivity contribution < 1.29 is 4.79 Å². The molecular weight excluding hydrogens is 250 g/mol. The SMILES string of the molecule is CCCN(CC(C)(C)CN)C(=O)Cc1ncccc1C. The third-order valence-corrected chi connectivity index (χ3v) is 3.45. The van der Waals surface area contributed by atoms with E-state index in [1.54, 1.807) is 6.20 Å². The molecule has 0 unspecified atom stereocenters. The molecule has 0 saturated heterocycles. The summed E-state index contributed by atoms with van der Waals surface area (Å²) >= 11 is 0. The maximum Gasteiger partial charge on any atom is 0.228 e. The number of carbonyl (C=O) groups excluding carboxylic acids is 1. The number of hydrogen-bond acceptors (Lipinski definition) is 3. The van der Waals surface area contributed by atoms with Crippen LogP contribution in [0.4, 0.5) is 0 Å². The van der Waals surface area contributed by atoms with E-state index in [0.29, 0.717) is 19.5 Å². The van der Waals surface area contributed by atoms with Gasteiger partial charge in [-0.25, -0.2) is 0 Å². The minimum Gasteiger partial charge on any atom is -0.342 e. The topological polar surface area (TPSA) is 59.2 Å². The van der Waals surface area contributed by atoms with Crippen molar-refractivity contribution in [1.29, 1.82) is 0 Å². The maximum atomic E-state index is 12.5. The van der Waals surface area contributed by atoms with Gasteiger partial charge >= 0.3 is 0 Å². The number of pyridine rings is 1. The van der Waals surface area contributed by atoms with Crippen molar-refractivity contribution in [3.8, 4) is 0 Å². The summed E-state index contributed by atoms with van der Waals surface area (Å²) in [6.07, 6.45) is 3.06. The largest absolute Gasteiger partial charge is 0.342 e. The summed E-state index contributed by atoms with van der Waals surface area (Å²) in [7, 11) is 0. The number of rotatable bonds is 7. The highest BCUT2D eigenvalue weighted by Gasteiger charge is 2.23. The molecule has 0 spiro atoms. The van der Waals surface area contributed by atoms with Gasteiger partial charge in [0.2, 0.25) is 5.91 Å². The summed E-state index contributed by atoms with van der Waals surface area (Å²) in [5.41, 5.74) is 7.66. The number of hydrogen-bond donors (Lipinski definition) is 1. The van der Waals surface area contributed by atoms with Crippen LogP contribution in [-0.4, -0.2) is 35.4 Å². The van der Waals surface area contributed by atoms with Gasteiger partial charge in [0.05, 0.1) is 12.1 Å². The summed E-state index contributed by atoms with van der Waals surface area (Å²) in [6, 6.07) is 3.88. The van der Waals surface area contributed by atoms with Crippen LogP contribution in [0.3, 0.4) is 0 Å². The zero-order chi connectivity index (χ0) is 15.2. The zero-order valence-corrected chi connectivity index (χ0v) is 13.1. The van der Waals surface area contributed by atoms with Gasteiger partial charge in [-0.3, -0.25) is 9.78 Å². The Hall–Kier alpha value is -1.42. The summed E-state index contributed by atoms with van der Waals surface area (Å²) in [5, 5.41) is 0. The molecule has 0 radical (unpaired) electrons. The van der Waals surface area contributed by atoms with Crippen LogP contribution in [0, 0.1) is 12.3 Å². The van der Waals surface area contributed by atoms with Crippen LogP contribution >= 0.6 is 0 Å². The molecule has 1 amide bonds. The molecule has 0 bridgehead atoms. The molecule has 0 aliphatic heterocycles. The highest BCUT2D eigenvalue weighted by Crippen LogP contribution is 2.16. The van der Waals surface area contributed by atoms with E-state index in [0.717, 1.165) is 24.2 Å². The third kappa shape index (κ3) is 4.93. The van der Waals surface area contributed by atoms with E-state index in [4.69, 9.17) is 5.73 Å². The fourth-order valence-electron chi connectivity index (χ4n) is 2.10. The van der Waals surface area contributed by atoms with E-state index in [1.807, 2.05) is 24.0 Å². The number of carbonyl (C=O) groups is 1. The number of nitrogens with two attached hydrogens (primary N) is 1. The Balaban J connectivity index is 2.77. The van der Waals surface area contributed by atoms with Crippen molar-refractivity contribution >= 4 is 5.91 Å². The minimum atomic E-state index is -0.0516. The van der Waals surface area contributed by atoms with E-state index in [9.17, 15) is 4.79 Å². The fourth-order valence-corrected chi connectivity index (χ4v) is 2.10. The highest BCUT2D eigenvalue weighted by atomic mass is 16.2. The van der Waals surface area contributed by atoms with Crippen LogP contribution in [0.25, 0.3) is 0 Å². The van der Waals surface area contributed by atoms with Crippen molar-refractivity contribution in [3.63, 3.8) is 0 Å². The lowest BCUT2D eigenvalue weighted by Gasteiger charge is -2.31. The van der Waals surface area contributed by atoms with Gasteiger partial charge in [0.25, 0.3) is 0 Å². The Morgan fingerprint density at radius 2 is 2.15 bits per heavy atom. The van der Waals surface area contributed by atoms with Gasteiger partial charge in [-0.05, 0) is 36.9 Å². The molecule has 0 atom stereocenters. The first-order valence-electron chi connectivity index (χ1n) is 7.28. The molecule has 0 aliphatic carbocycles. The van der Waals surface area contributed by atoms with E-state index < -0.39 is 0 Å². The van der Waals surface area contributed by atoms with Crippen LogP contribution in [0.5, 0.6) is 0 Å². The second-order valence-corrected chi connectivity index (χ2v) is 6.13. The average Bonchev–Trinajstić information content (AvgIpc) is 2.40. The van der Waals surface area contributed by atoms with Gasteiger partial charge in [-0.2, -0.15) is 0 Å². The van der Waals surface area contributed by atoms with Crippen molar-refractivity contribution in [2.24, 2.45) is 11.1 Å². The van der Waals surface area contributed by atoms with E-state index in [2.05, 4.69) is 25.8 Å². The molecule has 20 heavy (non-hydrogen) atoms.